The zero-order valence-electron chi connectivity index (χ0n) is 13.5. The van der Waals surface area contributed by atoms with Crippen molar-refractivity contribution in [3.8, 4) is 0 Å². The van der Waals surface area contributed by atoms with Crippen molar-refractivity contribution in [2.75, 3.05) is 65.9 Å². The van der Waals surface area contributed by atoms with Gasteiger partial charge in [0.15, 0.2) is 5.78 Å². The zero-order chi connectivity index (χ0) is 15.6. The summed E-state index contributed by atoms with van der Waals surface area (Å²) in [4.78, 5) is 10.9. The maximum atomic E-state index is 10.9. The molecule has 0 saturated carbocycles. The van der Waals surface area contributed by atoms with E-state index in [2.05, 4.69) is 12.2 Å². The first kappa shape index (κ1) is 20.5. The maximum Gasteiger partial charge on any atom is 0.158 e. The molecule has 0 aliphatic carbocycles. The van der Waals surface area contributed by atoms with Crippen molar-refractivity contribution in [2.24, 2.45) is 0 Å². The molecule has 0 heterocycles. The van der Waals surface area contributed by atoms with Crippen LogP contribution in [0.15, 0.2) is 0 Å². The van der Waals surface area contributed by atoms with Gasteiger partial charge in [-0.15, -0.1) is 0 Å². The smallest absolute Gasteiger partial charge is 0.158 e. The van der Waals surface area contributed by atoms with Gasteiger partial charge in [0, 0.05) is 13.0 Å². The standard InChI is InChI=1S/C15H31NO5/c1-3-5-16-6-7-18-8-9-19-10-11-20-12-13-21-14-15(17)4-2/h16H,3-14H2,1-2H3. The minimum atomic E-state index is 0.114. The predicted molar refractivity (Wildman–Crippen MR) is 81.7 cm³/mol. The molecule has 0 radical (unpaired) electrons. The van der Waals surface area contributed by atoms with Gasteiger partial charge in [-0.25, -0.2) is 0 Å². The van der Waals surface area contributed by atoms with E-state index in [0.717, 1.165) is 19.5 Å². The SMILES string of the molecule is CCCNCCOCCOCCOCCOCC(=O)CC. The molecule has 0 bridgehead atoms. The molecule has 0 amide bonds. The van der Waals surface area contributed by atoms with E-state index in [9.17, 15) is 4.79 Å². The molecule has 0 spiro atoms. The first-order valence-corrected chi connectivity index (χ1v) is 7.84. The lowest BCUT2D eigenvalue weighted by Gasteiger charge is -2.07. The van der Waals surface area contributed by atoms with Crippen molar-refractivity contribution >= 4 is 5.78 Å². The molecule has 0 aliphatic heterocycles. The summed E-state index contributed by atoms with van der Waals surface area (Å²) in [5.41, 5.74) is 0. The average Bonchev–Trinajstić information content (AvgIpc) is 2.50. The van der Waals surface area contributed by atoms with Crippen LogP contribution in [-0.4, -0.2) is 71.7 Å². The molecule has 6 nitrogen and oxygen atoms in total. The lowest BCUT2D eigenvalue weighted by atomic mass is 10.3. The number of carbonyl (C=O) groups is 1. The summed E-state index contributed by atoms with van der Waals surface area (Å²) in [6.07, 6.45) is 1.66. The maximum absolute atomic E-state index is 10.9. The van der Waals surface area contributed by atoms with Crippen molar-refractivity contribution in [1.29, 1.82) is 0 Å². The molecule has 0 fully saturated rings. The van der Waals surface area contributed by atoms with E-state index in [-0.39, 0.29) is 12.4 Å². The van der Waals surface area contributed by atoms with E-state index in [4.69, 9.17) is 18.9 Å². The fourth-order valence-corrected chi connectivity index (χ4v) is 1.39. The molecule has 0 atom stereocenters. The van der Waals surface area contributed by atoms with Gasteiger partial charge in [-0.3, -0.25) is 4.79 Å². The molecular formula is C15H31NO5. The zero-order valence-corrected chi connectivity index (χ0v) is 13.5. The highest BCUT2D eigenvalue weighted by molar-refractivity contribution is 5.79. The van der Waals surface area contributed by atoms with Gasteiger partial charge >= 0.3 is 0 Å². The molecule has 0 aliphatic rings. The molecular weight excluding hydrogens is 274 g/mol. The molecule has 0 aromatic heterocycles. The number of carbonyl (C=O) groups excluding carboxylic acids is 1. The van der Waals surface area contributed by atoms with Crippen molar-refractivity contribution in [1.82, 2.24) is 5.32 Å². The molecule has 126 valence electrons. The summed E-state index contributed by atoms with van der Waals surface area (Å²) in [6.45, 7) is 9.98. The molecule has 0 unspecified atom stereocenters. The molecule has 0 saturated heterocycles. The Morgan fingerprint density at radius 3 is 1.81 bits per heavy atom. The molecule has 6 heteroatoms. The molecule has 1 N–H and O–H groups in total. The van der Waals surface area contributed by atoms with Crippen LogP contribution in [0.2, 0.25) is 0 Å². The fraction of sp³-hybridized carbons (Fsp3) is 0.933. The second-order valence-electron chi connectivity index (χ2n) is 4.53. The van der Waals surface area contributed by atoms with Gasteiger partial charge in [0.05, 0.1) is 46.2 Å². The Bertz CT molecular complexity index is 226. The van der Waals surface area contributed by atoms with Crippen LogP contribution in [0.5, 0.6) is 0 Å². The quantitative estimate of drug-likeness (QED) is 0.405. The number of hydrogen-bond acceptors (Lipinski definition) is 6. The van der Waals surface area contributed by atoms with E-state index < -0.39 is 0 Å². The van der Waals surface area contributed by atoms with E-state index in [1.807, 2.05) is 6.92 Å². The van der Waals surface area contributed by atoms with Crippen LogP contribution in [0.25, 0.3) is 0 Å². The normalized spacial score (nSPS) is 11.0. The lowest BCUT2D eigenvalue weighted by molar-refractivity contribution is -0.123. The minimum absolute atomic E-state index is 0.114. The third kappa shape index (κ3) is 17.4. The number of ether oxygens (including phenoxy) is 4. The van der Waals surface area contributed by atoms with E-state index in [1.165, 1.54) is 0 Å². The van der Waals surface area contributed by atoms with Gasteiger partial charge in [0.1, 0.15) is 6.61 Å². The molecule has 0 aromatic rings. The molecule has 0 rings (SSSR count). The van der Waals surface area contributed by atoms with Crippen molar-refractivity contribution < 1.29 is 23.7 Å². The van der Waals surface area contributed by atoms with Gasteiger partial charge < -0.3 is 24.3 Å². The highest BCUT2D eigenvalue weighted by Crippen LogP contribution is 1.85. The third-order valence-electron chi connectivity index (χ3n) is 2.62. The van der Waals surface area contributed by atoms with Crippen LogP contribution >= 0.6 is 0 Å². The average molecular weight is 305 g/mol. The summed E-state index contributed by atoms with van der Waals surface area (Å²) in [6, 6.07) is 0. The first-order valence-electron chi connectivity index (χ1n) is 7.84. The third-order valence-corrected chi connectivity index (χ3v) is 2.62. The van der Waals surface area contributed by atoms with Gasteiger partial charge in [0.25, 0.3) is 0 Å². The number of nitrogens with one attached hydrogen (secondary N) is 1. The lowest BCUT2D eigenvalue weighted by Crippen LogP contribution is -2.21. The second kappa shape index (κ2) is 17.5. The van der Waals surface area contributed by atoms with Gasteiger partial charge in [-0.05, 0) is 13.0 Å². The summed E-state index contributed by atoms with van der Waals surface area (Å²) >= 11 is 0. The predicted octanol–water partition coefficient (Wildman–Crippen LogP) is 1.03. The second-order valence-corrected chi connectivity index (χ2v) is 4.53. The first-order chi connectivity index (χ1) is 10.3. The topological polar surface area (TPSA) is 66.0 Å². The number of hydrogen-bond donors (Lipinski definition) is 1. The van der Waals surface area contributed by atoms with Crippen molar-refractivity contribution in [3.63, 3.8) is 0 Å². The van der Waals surface area contributed by atoms with E-state index in [0.29, 0.717) is 52.7 Å². The summed E-state index contributed by atoms with van der Waals surface area (Å²) in [5.74, 6) is 0.114. The van der Waals surface area contributed by atoms with E-state index >= 15 is 0 Å². The van der Waals surface area contributed by atoms with Gasteiger partial charge in [-0.2, -0.15) is 0 Å². The summed E-state index contributed by atoms with van der Waals surface area (Å²) < 4.78 is 21.2. The van der Waals surface area contributed by atoms with Crippen LogP contribution < -0.4 is 5.32 Å². The number of Topliss-reactive ketones (excluding diaryl/α,β-unsaturated/α-hetero) is 1. The Morgan fingerprint density at radius 2 is 1.29 bits per heavy atom. The Balaban J connectivity index is 2.98. The summed E-state index contributed by atoms with van der Waals surface area (Å²) in [7, 11) is 0. The number of ketones is 1. The van der Waals surface area contributed by atoms with Crippen LogP contribution in [0.1, 0.15) is 26.7 Å². The van der Waals surface area contributed by atoms with Crippen molar-refractivity contribution in [2.45, 2.75) is 26.7 Å². The summed E-state index contributed by atoms with van der Waals surface area (Å²) in [5, 5.41) is 3.26. The van der Waals surface area contributed by atoms with Crippen molar-refractivity contribution in [3.05, 3.63) is 0 Å². The molecule has 21 heavy (non-hydrogen) atoms. The van der Waals surface area contributed by atoms with Crippen LogP contribution in [0.3, 0.4) is 0 Å². The highest BCUT2D eigenvalue weighted by Gasteiger charge is 1.97. The van der Waals surface area contributed by atoms with Crippen LogP contribution in [0, 0.1) is 0 Å². The Morgan fingerprint density at radius 1 is 0.762 bits per heavy atom. The van der Waals surface area contributed by atoms with Gasteiger partial charge in [-0.1, -0.05) is 13.8 Å². The van der Waals surface area contributed by atoms with E-state index in [1.54, 1.807) is 0 Å². The van der Waals surface area contributed by atoms with Crippen LogP contribution in [-0.2, 0) is 23.7 Å². The molecule has 0 aromatic carbocycles. The fourth-order valence-electron chi connectivity index (χ4n) is 1.39. The highest BCUT2D eigenvalue weighted by atomic mass is 16.6. The Kier molecular flexibility index (Phi) is 17.1. The minimum Gasteiger partial charge on any atom is -0.378 e. The van der Waals surface area contributed by atoms with Gasteiger partial charge in [0.2, 0.25) is 0 Å². The number of rotatable bonds is 17. The largest absolute Gasteiger partial charge is 0.378 e. The Labute approximate surface area is 128 Å². The Hall–Kier alpha value is -0.530. The monoisotopic (exact) mass is 305 g/mol. The van der Waals surface area contributed by atoms with Crippen LogP contribution in [0.4, 0.5) is 0 Å².